The van der Waals surface area contributed by atoms with Gasteiger partial charge in [-0.2, -0.15) is 0 Å². The largest absolute Gasteiger partial charge is 0.338 e. The van der Waals surface area contributed by atoms with Gasteiger partial charge in [-0.15, -0.1) is 9.24 Å². The van der Waals surface area contributed by atoms with Gasteiger partial charge in [0.25, 0.3) is 0 Å². The lowest BCUT2D eigenvalue weighted by molar-refractivity contribution is -0.0287. The monoisotopic (exact) mass is 142 g/mol. The van der Waals surface area contributed by atoms with Crippen LogP contribution in [0.1, 0.15) is 6.92 Å². The van der Waals surface area contributed by atoms with Crippen molar-refractivity contribution in [3.05, 3.63) is 0 Å². The second-order valence-electron chi connectivity index (χ2n) is 1.70. The highest BCUT2D eigenvalue weighted by molar-refractivity contribution is 7.18. The second kappa shape index (κ2) is 3.31. The van der Waals surface area contributed by atoms with Crippen molar-refractivity contribution in [2.75, 3.05) is 13.5 Å². The smallest absolute Gasteiger partial charge is 0.189 e. The molecule has 0 heterocycles. The van der Waals surface area contributed by atoms with Gasteiger partial charge < -0.3 is 4.74 Å². The average Bonchev–Trinajstić information content (AvgIpc) is 1.67. The van der Waals surface area contributed by atoms with E-state index in [-0.39, 0.29) is 0 Å². The Balaban J connectivity index is 3.37. The quantitative estimate of drug-likeness (QED) is 0.542. The molecule has 1 nitrogen and oxygen atoms in total. The van der Waals surface area contributed by atoms with Gasteiger partial charge in [-0.05, 0) is 6.92 Å². The van der Waals surface area contributed by atoms with E-state index in [1.165, 1.54) is 6.92 Å². The molecule has 0 aromatic carbocycles. The molecule has 0 spiro atoms. The van der Waals surface area contributed by atoms with Crippen molar-refractivity contribution in [2.45, 2.75) is 12.3 Å². The first-order chi connectivity index (χ1) is 3.62. The van der Waals surface area contributed by atoms with E-state index in [2.05, 4.69) is 14.0 Å². The van der Waals surface area contributed by atoms with Crippen LogP contribution in [0.2, 0.25) is 0 Å². The van der Waals surface area contributed by atoms with E-state index in [9.17, 15) is 8.78 Å². The molecule has 0 aromatic rings. The van der Waals surface area contributed by atoms with Gasteiger partial charge in [0, 0.05) is 0 Å². The molecule has 0 rings (SSSR count). The Labute approximate surface area is 49.6 Å². The van der Waals surface area contributed by atoms with Crippen LogP contribution in [0.25, 0.3) is 0 Å². The van der Waals surface area contributed by atoms with Crippen LogP contribution in [0.3, 0.4) is 0 Å². The molecule has 0 aliphatic carbocycles. The molecule has 4 heteroatoms. The van der Waals surface area contributed by atoms with Crippen LogP contribution in [0.5, 0.6) is 0 Å². The Bertz CT molecular complexity index is 67.1. The molecule has 0 saturated heterocycles. The van der Waals surface area contributed by atoms with Gasteiger partial charge in [0.05, 0.1) is 0 Å². The minimum atomic E-state index is -1.03. The molecule has 0 N–H and O–H groups in total. The number of rotatable bonds is 3. The van der Waals surface area contributed by atoms with E-state index < -0.39 is 18.9 Å². The Hall–Kier alpha value is 0.250. The predicted octanol–water partition coefficient (Wildman–Crippen LogP) is 1.49. The summed E-state index contributed by atoms with van der Waals surface area (Å²) in [6.45, 7) is -0.178. The highest BCUT2D eigenvalue weighted by Crippen LogP contribution is 2.19. The van der Waals surface area contributed by atoms with E-state index in [0.717, 1.165) is 0 Å². The van der Waals surface area contributed by atoms with Gasteiger partial charge in [-0.1, -0.05) is 0 Å². The van der Waals surface area contributed by atoms with Crippen molar-refractivity contribution in [3.8, 4) is 0 Å². The van der Waals surface area contributed by atoms with Gasteiger partial charge in [-0.3, -0.25) is 0 Å². The summed E-state index contributed by atoms with van der Waals surface area (Å²) in [5.41, 5.74) is 0. The maximum absolute atomic E-state index is 11.6. The number of hydrogen-bond donors (Lipinski definition) is 0. The minimum absolute atomic E-state index is 0.693. The lowest BCUT2D eigenvalue weighted by Gasteiger charge is -2.17. The lowest BCUT2D eigenvalue weighted by atomic mass is 10.4. The first-order valence-corrected chi connectivity index (χ1v) is 2.75. The van der Waals surface area contributed by atoms with Gasteiger partial charge >= 0.3 is 0 Å². The SMILES string of the molecule is CC(P)(CF)OCF. The normalized spacial score (nSPS) is 18.0. The fourth-order valence-electron chi connectivity index (χ4n) is 0.163. The van der Waals surface area contributed by atoms with Crippen molar-refractivity contribution in [2.24, 2.45) is 0 Å². The molecule has 0 fully saturated rings. The van der Waals surface area contributed by atoms with Crippen LogP contribution < -0.4 is 0 Å². The summed E-state index contributed by atoms with van der Waals surface area (Å²) in [4.78, 5) is 0. The molecule has 50 valence electrons. The van der Waals surface area contributed by atoms with Crippen molar-refractivity contribution in [1.29, 1.82) is 0 Å². The Kier molecular flexibility index (Phi) is 3.41. The predicted molar refractivity (Wildman–Crippen MR) is 31.1 cm³/mol. The topological polar surface area (TPSA) is 9.23 Å². The minimum Gasteiger partial charge on any atom is -0.338 e. The van der Waals surface area contributed by atoms with Crippen LogP contribution in [-0.2, 0) is 4.74 Å². The molecule has 0 bridgehead atoms. The highest BCUT2D eigenvalue weighted by atomic mass is 31.0. The molecular formula is C4H9F2OP. The first kappa shape index (κ1) is 8.25. The summed E-state index contributed by atoms with van der Waals surface area (Å²) in [5.74, 6) is 0. The summed E-state index contributed by atoms with van der Waals surface area (Å²) in [5, 5.41) is -1.03. The summed E-state index contributed by atoms with van der Waals surface area (Å²) >= 11 is 0. The van der Waals surface area contributed by atoms with Crippen molar-refractivity contribution in [1.82, 2.24) is 0 Å². The van der Waals surface area contributed by atoms with E-state index >= 15 is 0 Å². The number of alkyl halides is 2. The van der Waals surface area contributed by atoms with E-state index in [1.807, 2.05) is 0 Å². The summed E-state index contributed by atoms with van der Waals surface area (Å²) < 4.78 is 27.2. The fraction of sp³-hybridized carbons (Fsp3) is 1.00. The van der Waals surface area contributed by atoms with Crippen molar-refractivity contribution >= 4 is 9.24 Å². The number of halogens is 2. The van der Waals surface area contributed by atoms with E-state index in [1.54, 1.807) is 0 Å². The van der Waals surface area contributed by atoms with Crippen LogP contribution in [0.4, 0.5) is 8.78 Å². The zero-order valence-electron chi connectivity index (χ0n) is 4.66. The summed E-state index contributed by atoms with van der Waals surface area (Å²) in [6, 6.07) is 0. The highest BCUT2D eigenvalue weighted by Gasteiger charge is 2.17. The molecule has 0 aliphatic rings. The van der Waals surface area contributed by atoms with Gasteiger partial charge in [-0.25, -0.2) is 8.78 Å². The molecule has 0 aliphatic heterocycles. The maximum Gasteiger partial charge on any atom is 0.189 e. The second-order valence-corrected chi connectivity index (χ2v) is 2.92. The standard InChI is InChI=1S/C4H9F2OP/c1-4(8,2-5)7-3-6/h2-3,8H2,1H3. The lowest BCUT2D eigenvalue weighted by Crippen LogP contribution is -2.22. The molecule has 0 saturated carbocycles. The van der Waals surface area contributed by atoms with Crippen molar-refractivity contribution < 1.29 is 13.5 Å². The number of ether oxygens (including phenoxy) is 1. The fourth-order valence-corrected chi connectivity index (χ4v) is 0.226. The third-order valence-electron chi connectivity index (χ3n) is 0.650. The first-order valence-electron chi connectivity index (χ1n) is 2.17. The van der Waals surface area contributed by atoms with Crippen molar-refractivity contribution in [3.63, 3.8) is 0 Å². The molecule has 2 atom stereocenters. The molecule has 2 unspecified atom stereocenters. The Morgan fingerprint density at radius 2 is 2.12 bits per heavy atom. The van der Waals surface area contributed by atoms with Crippen LogP contribution in [0.15, 0.2) is 0 Å². The summed E-state index contributed by atoms with van der Waals surface area (Å²) in [7, 11) is 2.08. The average molecular weight is 142 g/mol. The zero-order chi connectivity index (χ0) is 6.62. The number of hydrogen-bond acceptors (Lipinski definition) is 1. The van der Waals surface area contributed by atoms with E-state index in [4.69, 9.17) is 0 Å². The Morgan fingerprint density at radius 1 is 1.62 bits per heavy atom. The molecule has 0 radical (unpaired) electrons. The van der Waals surface area contributed by atoms with Gasteiger partial charge in [0.15, 0.2) is 6.86 Å². The zero-order valence-corrected chi connectivity index (χ0v) is 5.81. The van der Waals surface area contributed by atoms with Crippen LogP contribution in [0, 0.1) is 0 Å². The van der Waals surface area contributed by atoms with Crippen LogP contribution in [-0.4, -0.2) is 18.9 Å². The summed E-state index contributed by atoms with van der Waals surface area (Å²) in [6.07, 6.45) is 0. The molecule has 0 aromatic heterocycles. The van der Waals surface area contributed by atoms with E-state index in [0.29, 0.717) is 0 Å². The van der Waals surface area contributed by atoms with Gasteiger partial charge in [0.2, 0.25) is 0 Å². The molecule has 0 amide bonds. The third kappa shape index (κ3) is 3.28. The molecular weight excluding hydrogens is 133 g/mol. The maximum atomic E-state index is 11.6. The van der Waals surface area contributed by atoms with Gasteiger partial charge in [0.1, 0.15) is 12.0 Å². The third-order valence-corrected chi connectivity index (χ3v) is 0.971. The molecule has 8 heavy (non-hydrogen) atoms. The Morgan fingerprint density at radius 3 is 2.25 bits per heavy atom. The van der Waals surface area contributed by atoms with Crippen LogP contribution >= 0.6 is 9.24 Å².